The second-order valence-electron chi connectivity index (χ2n) is 7.48. The lowest BCUT2D eigenvalue weighted by molar-refractivity contribution is -0.889. The molecule has 1 aromatic rings. The summed E-state index contributed by atoms with van der Waals surface area (Å²) >= 11 is 14.4. The van der Waals surface area contributed by atoms with Gasteiger partial charge in [0.25, 0.3) is 0 Å². The first-order valence-electron chi connectivity index (χ1n) is 9.33. The van der Waals surface area contributed by atoms with Crippen LogP contribution in [-0.2, 0) is 11.2 Å². The maximum Gasteiger partial charge on any atom is 0.230 e. The van der Waals surface area contributed by atoms with Crippen LogP contribution in [0.4, 0.5) is 0 Å². The molecule has 0 saturated carbocycles. The normalized spacial score (nSPS) is 26.9. The number of carbonyl (C=O) groups excluding carboxylic acids is 1. The van der Waals surface area contributed by atoms with Gasteiger partial charge >= 0.3 is 0 Å². The van der Waals surface area contributed by atoms with E-state index in [1.54, 1.807) is 4.90 Å². The summed E-state index contributed by atoms with van der Waals surface area (Å²) in [7, 11) is 0. The smallest absolute Gasteiger partial charge is 0.230 e. The molecule has 2 atom stereocenters. The summed E-state index contributed by atoms with van der Waals surface area (Å²) in [5.41, 5.74) is 2.30. The minimum absolute atomic E-state index is 0.0380. The van der Waals surface area contributed by atoms with E-state index in [0.29, 0.717) is 22.0 Å². The highest BCUT2D eigenvalue weighted by molar-refractivity contribution is 7.99. The van der Waals surface area contributed by atoms with Gasteiger partial charge in [0.1, 0.15) is 0 Å². The van der Waals surface area contributed by atoms with Gasteiger partial charge in [-0.3, -0.25) is 4.79 Å². The first-order valence-corrected chi connectivity index (χ1v) is 11.2. The molecule has 2 heterocycles. The quantitative estimate of drug-likeness (QED) is 0.844. The van der Waals surface area contributed by atoms with Crippen LogP contribution in [0.3, 0.4) is 0 Å². The summed E-state index contributed by atoms with van der Waals surface area (Å²) in [5.74, 6) is 2.40. The number of halogens is 2. The highest BCUT2D eigenvalue weighted by Crippen LogP contribution is 2.39. The molecule has 0 bridgehead atoms. The zero-order valence-corrected chi connectivity index (χ0v) is 16.7. The van der Waals surface area contributed by atoms with Crippen molar-refractivity contribution in [3.8, 4) is 0 Å². The summed E-state index contributed by atoms with van der Waals surface area (Å²) in [4.78, 5) is 17.2. The second kappa shape index (κ2) is 7.67. The number of thioether (sulfide) groups is 1. The molecule has 0 aromatic heterocycles. The van der Waals surface area contributed by atoms with E-state index in [-0.39, 0.29) is 5.92 Å². The van der Waals surface area contributed by atoms with Crippen LogP contribution in [0.15, 0.2) is 12.1 Å². The Morgan fingerprint density at radius 3 is 2.80 bits per heavy atom. The summed E-state index contributed by atoms with van der Waals surface area (Å²) in [6, 6.07) is 4.25. The lowest BCUT2D eigenvalue weighted by Crippen LogP contribution is -3.11. The van der Waals surface area contributed by atoms with Crippen molar-refractivity contribution in [3.63, 3.8) is 0 Å². The number of aryl methyl sites for hydroxylation is 1. The lowest BCUT2D eigenvalue weighted by Gasteiger charge is -2.37. The van der Waals surface area contributed by atoms with Gasteiger partial charge in [-0.25, -0.2) is 0 Å². The molecule has 6 heteroatoms. The molecular weight excluding hydrogens is 375 g/mol. The Morgan fingerprint density at radius 2 is 2.00 bits per heavy atom. The molecule has 3 nitrogen and oxygen atoms in total. The number of hydrogen-bond acceptors (Lipinski definition) is 2. The molecule has 2 saturated heterocycles. The van der Waals surface area contributed by atoms with Crippen molar-refractivity contribution in [3.05, 3.63) is 33.3 Å². The summed E-state index contributed by atoms with van der Waals surface area (Å²) < 4.78 is 0. The number of fused-ring (bicyclic) bond motifs is 1. The average Bonchev–Trinajstić information content (AvgIpc) is 3.25. The topological polar surface area (TPSA) is 24.8 Å². The van der Waals surface area contributed by atoms with Crippen molar-refractivity contribution in [2.75, 3.05) is 37.7 Å². The fourth-order valence-electron chi connectivity index (χ4n) is 4.58. The van der Waals surface area contributed by atoms with Crippen LogP contribution in [0.25, 0.3) is 0 Å². The van der Waals surface area contributed by atoms with Gasteiger partial charge in [0.15, 0.2) is 0 Å². The zero-order valence-electron chi connectivity index (χ0n) is 14.4. The van der Waals surface area contributed by atoms with Crippen molar-refractivity contribution in [2.45, 2.75) is 37.6 Å². The maximum atomic E-state index is 13.4. The van der Waals surface area contributed by atoms with Gasteiger partial charge in [-0.2, -0.15) is 11.8 Å². The van der Waals surface area contributed by atoms with Crippen molar-refractivity contribution in [1.82, 2.24) is 4.90 Å². The Balaban J connectivity index is 1.52. The number of hydrogen-bond donors (Lipinski definition) is 1. The Morgan fingerprint density at radius 1 is 1.24 bits per heavy atom. The molecule has 25 heavy (non-hydrogen) atoms. The Labute approximate surface area is 164 Å². The number of benzene rings is 1. The molecule has 0 radical (unpaired) electrons. The Hall–Kier alpha value is -0.420. The van der Waals surface area contributed by atoms with E-state index in [1.165, 1.54) is 31.5 Å². The molecule has 1 N–H and O–H groups in total. The van der Waals surface area contributed by atoms with E-state index in [9.17, 15) is 4.79 Å². The highest BCUT2D eigenvalue weighted by Gasteiger charge is 2.38. The molecule has 3 aliphatic rings. The minimum atomic E-state index is -0.0380. The van der Waals surface area contributed by atoms with Crippen molar-refractivity contribution in [1.29, 1.82) is 0 Å². The number of nitrogens with one attached hydrogen (secondary N) is 1. The van der Waals surface area contributed by atoms with Crippen molar-refractivity contribution < 1.29 is 9.69 Å². The van der Waals surface area contributed by atoms with Crippen LogP contribution in [-0.4, -0.2) is 54.5 Å². The van der Waals surface area contributed by atoms with Crippen LogP contribution >= 0.6 is 35.0 Å². The number of likely N-dealkylation sites (tertiary alicyclic amines) is 1. The average molecular weight is 400 g/mol. The van der Waals surface area contributed by atoms with E-state index >= 15 is 0 Å². The fraction of sp³-hybridized carbons (Fsp3) is 0.632. The standard InChI is InChI=1S/C19H24Cl2N2OS/c20-17-9-13-3-4-15(16(13)10-18(17)21)19(24)23-7-8-25-12-14(23)11-22-5-1-2-6-22/h9-10,14-15H,1-8,11-12H2/p+1/t14-,15-/m1/s1. The van der Waals surface area contributed by atoms with E-state index < -0.39 is 0 Å². The molecular formula is C19H25Cl2N2OS+. The molecule has 2 aliphatic heterocycles. The number of amides is 1. The number of quaternary nitrogens is 1. The van der Waals surface area contributed by atoms with E-state index in [0.717, 1.165) is 43.0 Å². The lowest BCUT2D eigenvalue weighted by atomic mass is 9.99. The molecule has 4 rings (SSSR count). The van der Waals surface area contributed by atoms with Gasteiger partial charge in [-0.05, 0) is 36.1 Å². The minimum Gasteiger partial charge on any atom is -0.333 e. The van der Waals surface area contributed by atoms with Gasteiger partial charge < -0.3 is 9.80 Å². The van der Waals surface area contributed by atoms with Crippen molar-refractivity contribution >= 4 is 40.9 Å². The molecule has 0 spiro atoms. The summed E-state index contributed by atoms with van der Waals surface area (Å²) in [6.45, 7) is 4.53. The number of rotatable bonds is 3. The monoisotopic (exact) mass is 399 g/mol. The first kappa shape index (κ1) is 18.0. The summed E-state index contributed by atoms with van der Waals surface area (Å²) in [5, 5.41) is 1.16. The molecule has 2 fully saturated rings. The number of nitrogens with zero attached hydrogens (tertiary/aromatic N) is 1. The Kier molecular flexibility index (Phi) is 5.52. The van der Waals surface area contributed by atoms with E-state index in [4.69, 9.17) is 23.2 Å². The molecule has 1 aliphatic carbocycles. The first-order chi connectivity index (χ1) is 12.1. The third-order valence-electron chi connectivity index (χ3n) is 5.90. The predicted molar refractivity (Wildman–Crippen MR) is 105 cm³/mol. The largest absolute Gasteiger partial charge is 0.333 e. The third kappa shape index (κ3) is 3.69. The summed E-state index contributed by atoms with van der Waals surface area (Å²) in [6.07, 6.45) is 4.47. The molecule has 1 aromatic carbocycles. The second-order valence-corrected chi connectivity index (χ2v) is 9.44. The third-order valence-corrected chi connectivity index (χ3v) is 7.72. The van der Waals surface area contributed by atoms with Gasteiger partial charge in [0, 0.05) is 30.9 Å². The van der Waals surface area contributed by atoms with Crippen LogP contribution in [0.5, 0.6) is 0 Å². The zero-order chi connectivity index (χ0) is 17.4. The van der Waals surface area contributed by atoms with Crippen molar-refractivity contribution in [2.24, 2.45) is 0 Å². The van der Waals surface area contributed by atoms with Gasteiger partial charge in [0.05, 0.1) is 41.6 Å². The van der Waals surface area contributed by atoms with Crippen LogP contribution in [0.1, 0.15) is 36.3 Å². The van der Waals surface area contributed by atoms with Crippen LogP contribution < -0.4 is 4.90 Å². The van der Waals surface area contributed by atoms with Gasteiger partial charge in [-0.1, -0.05) is 23.2 Å². The SMILES string of the molecule is O=C([C@@H]1CCc2cc(Cl)c(Cl)cc21)N1CCSC[C@H]1C[NH+]1CCCC1. The van der Waals surface area contributed by atoms with Crippen LogP contribution in [0.2, 0.25) is 10.0 Å². The number of carbonyl (C=O) groups is 1. The van der Waals surface area contributed by atoms with Crippen LogP contribution in [0, 0.1) is 0 Å². The molecule has 1 amide bonds. The molecule has 0 unspecified atom stereocenters. The maximum absolute atomic E-state index is 13.4. The Bertz CT molecular complexity index is 663. The predicted octanol–water partition coefficient (Wildman–Crippen LogP) is 2.65. The van der Waals surface area contributed by atoms with E-state index in [1.807, 2.05) is 23.9 Å². The fourth-order valence-corrected chi connectivity index (χ4v) is 6.00. The molecule has 136 valence electrons. The van der Waals surface area contributed by atoms with Gasteiger partial charge in [0.2, 0.25) is 5.91 Å². The van der Waals surface area contributed by atoms with E-state index in [2.05, 4.69) is 4.90 Å². The highest BCUT2D eigenvalue weighted by atomic mass is 35.5. The van der Waals surface area contributed by atoms with Gasteiger partial charge in [-0.15, -0.1) is 0 Å².